The quantitative estimate of drug-likeness (QED) is 0.836. The first-order valence-corrected chi connectivity index (χ1v) is 6.89. The number of hydrogen-bond donors (Lipinski definition) is 1. The first kappa shape index (κ1) is 16.6. The monoisotopic (exact) mass is 284 g/mol. The second kappa shape index (κ2) is 7.94. The molecule has 3 nitrogen and oxygen atoms in total. The molecule has 0 spiro atoms. The van der Waals surface area contributed by atoms with Crippen molar-refractivity contribution in [3.05, 3.63) is 35.4 Å². The summed E-state index contributed by atoms with van der Waals surface area (Å²) in [5.74, 6) is -0.372. The first-order valence-electron chi connectivity index (χ1n) is 6.89. The molecule has 1 aromatic rings. The Morgan fingerprint density at radius 1 is 1.30 bits per heavy atom. The molecule has 20 heavy (non-hydrogen) atoms. The van der Waals surface area contributed by atoms with E-state index in [0.717, 1.165) is 5.56 Å². The fourth-order valence-corrected chi connectivity index (χ4v) is 2.21. The van der Waals surface area contributed by atoms with Crippen LogP contribution in [0, 0.1) is 5.92 Å². The van der Waals surface area contributed by atoms with E-state index in [4.69, 9.17) is 5.73 Å². The van der Waals surface area contributed by atoms with Crippen molar-refractivity contribution in [2.75, 3.05) is 19.6 Å². The Balaban J connectivity index is 2.83. The normalized spacial score (nSPS) is 12.5. The number of rotatable bonds is 7. The zero-order chi connectivity index (χ0) is 15.1. The minimum atomic E-state index is -2.50. The van der Waals surface area contributed by atoms with E-state index in [-0.39, 0.29) is 23.9 Å². The Morgan fingerprint density at radius 2 is 1.95 bits per heavy atom. The van der Waals surface area contributed by atoms with Gasteiger partial charge in [0, 0.05) is 25.2 Å². The maximum absolute atomic E-state index is 12.7. The van der Waals surface area contributed by atoms with E-state index in [1.165, 1.54) is 12.1 Å². The Bertz CT molecular complexity index is 434. The summed E-state index contributed by atoms with van der Waals surface area (Å²) in [6.07, 6.45) is -2.10. The fraction of sp³-hybridized carbons (Fsp3) is 0.533. The van der Waals surface area contributed by atoms with Gasteiger partial charge in [-0.2, -0.15) is 0 Å². The van der Waals surface area contributed by atoms with Crippen LogP contribution in [-0.2, 0) is 11.2 Å². The van der Waals surface area contributed by atoms with Gasteiger partial charge in [-0.25, -0.2) is 8.78 Å². The highest BCUT2D eigenvalue weighted by molar-refractivity contribution is 5.79. The molecular formula is C15H22F2N2O. The van der Waals surface area contributed by atoms with Crippen molar-refractivity contribution in [3.63, 3.8) is 0 Å². The largest absolute Gasteiger partial charge is 0.343 e. The third kappa shape index (κ3) is 4.27. The van der Waals surface area contributed by atoms with Crippen LogP contribution in [0.25, 0.3) is 0 Å². The predicted molar refractivity (Wildman–Crippen MR) is 75.6 cm³/mol. The Hall–Kier alpha value is -1.49. The molecule has 0 saturated carbocycles. The van der Waals surface area contributed by atoms with Crippen molar-refractivity contribution in [1.82, 2.24) is 4.90 Å². The van der Waals surface area contributed by atoms with Crippen LogP contribution in [0.1, 0.15) is 31.4 Å². The molecule has 0 aliphatic heterocycles. The number of hydrogen-bond acceptors (Lipinski definition) is 2. The SMILES string of the molecule is CCN(CC)C(=O)C(CN)Cc1cccc(C(F)F)c1. The van der Waals surface area contributed by atoms with E-state index in [0.29, 0.717) is 19.5 Å². The average molecular weight is 284 g/mol. The van der Waals surface area contributed by atoms with E-state index >= 15 is 0 Å². The molecule has 0 heterocycles. The lowest BCUT2D eigenvalue weighted by Crippen LogP contribution is -2.39. The van der Waals surface area contributed by atoms with E-state index in [1.807, 2.05) is 13.8 Å². The molecule has 1 unspecified atom stereocenters. The molecule has 0 aliphatic rings. The van der Waals surface area contributed by atoms with Crippen LogP contribution in [0.15, 0.2) is 24.3 Å². The van der Waals surface area contributed by atoms with Gasteiger partial charge in [-0.1, -0.05) is 24.3 Å². The molecule has 0 bridgehead atoms. The summed E-state index contributed by atoms with van der Waals surface area (Å²) >= 11 is 0. The van der Waals surface area contributed by atoms with E-state index in [1.54, 1.807) is 17.0 Å². The van der Waals surface area contributed by atoms with Crippen LogP contribution in [-0.4, -0.2) is 30.4 Å². The molecule has 1 amide bonds. The predicted octanol–water partition coefficient (Wildman–Crippen LogP) is 2.61. The first-order chi connectivity index (χ1) is 9.53. The standard InChI is InChI=1S/C15H22F2N2O/c1-3-19(4-2)15(20)13(10-18)9-11-6-5-7-12(8-11)14(16)17/h5-8,13-14H,3-4,9-10,18H2,1-2H3. The number of alkyl halides is 2. The highest BCUT2D eigenvalue weighted by Gasteiger charge is 2.22. The van der Waals surface area contributed by atoms with Crippen molar-refractivity contribution >= 4 is 5.91 Å². The van der Waals surface area contributed by atoms with Gasteiger partial charge in [0.1, 0.15) is 0 Å². The average Bonchev–Trinajstić information content (AvgIpc) is 2.46. The zero-order valence-corrected chi connectivity index (χ0v) is 12.0. The summed E-state index contributed by atoms with van der Waals surface area (Å²) in [4.78, 5) is 14.0. The number of benzene rings is 1. The van der Waals surface area contributed by atoms with Gasteiger partial charge >= 0.3 is 0 Å². The third-order valence-electron chi connectivity index (χ3n) is 3.39. The smallest absolute Gasteiger partial charge is 0.263 e. The molecular weight excluding hydrogens is 262 g/mol. The summed E-state index contributed by atoms with van der Waals surface area (Å²) in [5.41, 5.74) is 6.37. The number of halogens is 2. The van der Waals surface area contributed by atoms with Crippen LogP contribution >= 0.6 is 0 Å². The summed E-state index contributed by atoms with van der Waals surface area (Å²) < 4.78 is 25.3. The maximum Gasteiger partial charge on any atom is 0.263 e. The minimum absolute atomic E-state index is 0.0139. The van der Waals surface area contributed by atoms with Crippen molar-refractivity contribution in [2.45, 2.75) is 26.7 Å². The Labute approximate surface area is 118 Å². The van der Waals surface area contributed by atoms with Crippen LogP contribution in [0.3, 0.4) is 0 Å². The number of carbonyl (C=O) groups is 1. The zero-order valence-electron chi connectivity index (χ0n) is 12.0. The van der Waals surface area contributed by atoms with Gasteiger partial charge in [0.2, 0.25) is 5.91 Å². The number of nitrogens with two attached hydrogens (primary N) is 1. The Kier molecular flexibility index (Phi) is 6.58. The van der Waals surface area contributed by atoms with Crippen molar-refractivity contribution in [1.29, 1.82) is 0 Å². The van der Waals surface area contributed by atoms with Gasteiger partial charge in [0.25, 0.3) is 6.43 Å². The number of nitrogens with zero attached hydrogens (tertiary/aromatic N) is 1. The molecule has 0 saturated heterocycles. The van der Waals surface area contributed by atoms with Gasteiger partial charge in [-0.15, -0.1) is 0 Å². The summed E-state index contributed by atoms with van der Waals surface area (Å²) in [6, 6.07) is 6.18. The maximum atomic E-state index is 12.7. The van der Waals surface area contributed by atoms with Gasteiger partial charge in [0.05, 0.1) is 5.92 Å². The van der Waals surface area contributed by atoms with Gasteiger partial charge in [-0.05, 0) is 25.8 Å². The second-order valence-corrected chi connectivity index (χ2v) is 4.69. The molecule has 0 fully saturated rings. The molecule has 1 atom stereocenters. The van der Waals surface area contributed by atoms with Crippen LogP contribution in [0.5, 0.6) is 0 Å². The lowest BCUT2D eigenvalue weighted by molar-refractivity contribution is -0.134. The third-order valence-corrected chi connectivity index (χ3v) is 3.39. The summed E-state index contributed by atoms with van der Waals surface area (Å²) in [7, 11) is 0. The molecule has 112 valence electrons. The molecule has 2 N–H and O–H groups in total. The highest BCUT2D eigenvalue weighted by atomic mass is 19.3. The topological polar surface area (TPSA) is 46.3 Å². The van der Waals surface area contributed by atoms with Crippen LogP contribution < -0.4 is 5.73 Å². The lowest BCUT2D eigenvalue weighted by Gasteiger charge is -2.24. The van der Waals surface area contributed by atoms with Crippen LogP contribution in [0.4, 0.5) is 8.78 Å². The Morgan fingerprint density at radius 3 is 2.45 bits per heavy atom. The van der Waals surface area contributed by atoms with E-state index in [9.17, 15) is 13.6 Å². The summed E-state index contributed by atoms with van der Waals surface area (Å²) in [6.45, 7) is 5.29. The number of carbonyl (C=O) groups excluding carboxylic acids is 1. The molecule has 1 rings (SSSR count). The van der Waals surface area contributed by atoms with Gasteiger partial charge < -0.3 is 10.6 Å². The van der Waals surface area contributed by atoms with Crippen molar-refractivity contribution in [3.8, 4) is 0 Å². The highest BCUT2D eigenvalue weighted by Crippen LogP contribution is 2.21. The second-order valence-electron chi connectivity index (χ2n) is 4.69. The molecule has 1 aromatic carbocycles. The van der Waals surface area contributed by atoms with Crippen molar-refractivity contribution < 1.29 is 13.6 Å². The lowest BCUT2D eigenvalue weighted by atomic mass is 9.96. The fourth-order valence-electron chi connectivity index (χ4n) is 2.21. The molecule has 0 aliphatic carbocycles. The van der Waals surface area contributed by atoms with Gasteiger partial charge in [-0.3, -0.25) is 4.79 Å². The van der Waals surface area contributed by atoms with Gasteiger partial charge in [0.15, 0.2) is 0 Å². The molecule has 0 radical (unpaired) electrons. The van der Waals surface area contributed by atoms with E-state index < -0.39 is 6.43 Å². The molecule has 0 aromatic heterocycles. The van der Waals surface area contributed by atoms with E-state index in [2.05, 4.69) is 0 Å². The molecule has 5 heteroatoms. The van der Waals surface area contributed by atoms with Crippen molar-refractivity contribution in [2.24, 2.45) is 11.7 Å². The minimum Gasteiger partial charge on any atom is -0.343 e. The number of amides is 1. The van der Waals surface area contributed by atoms with Crippen LogP contribution in [0.2, 0.25) is 0 Å². The summed E-state index contributed by atoms with van der Waals surface area (Å²) in [5, 5.41) is 0.